The van der Waals surface area contributed by atoms with E-state index in [4.69, 9.17) is 5.11 Å². The molecule has 0 fully saturated rings. The second-order valence-electron chi connectivity index (χ2n) is 3.51. The fraction of sp³-hybridized carbons (Fsp3) is 0.500. The van der Waals surface area contributed by atoms with Gasteiger partial charge in [-0.25, -0.2) is 4.98 Å². The van der Waals surface area contributed by atoms with Crippen LogP contribution in [0.1, 0.15) is 30.9 Å². The number of hydrogen-bond acceptors (Lipinski definition) is 2. The first-order valence-corrected chi connectivity index (χ1v) is 4.67. The van der Waals surface area contributed by atoms with Crippen molar-refractivity contribution < 1.29 is 5.11 Å². The largest absolute Gasteiger partial charge is 0.392 e. The minimum Gasteiger partial charge on any atom is -0.392 e. The van der Waals surface area contributed by atoms with E-state index in [0.29, 0.717) is 5.92 Å². The second-order valence-corrected chi connectivity index (χ2v) is 3.51. The highest BCUT2D eigenvalue weighted by Crippen LogP contribution is 2.30. The molecule has 3 nitrogen and oxygen atoms in total. The summed E-state index contributed by atoms with van der Waals surface area (Å²) >= 11 is 0. The van der Waals surface area contributed by atoms with Gasteiger partial charge in [0.05, 0.1) is 12.9 Å². The first-order valence-electron chi connectivity index (χ1n) is 4.67. The van der Waals surface area contributed by atoms with Gasteiger partial charge in [0.15, 0.2) is 0 Å². The van der Waals surface area contributed by atoms with E-state index < -0.39 is 0 Å². The molecule has 1 aromatic rings. The number of imidazole rings is 1. The van der Waals surface area contributed by atoms with Crippen LogP contribution in [0.5, 0.6) is 0 Å². The summed E-state index contributed by atoms with van der Waals surface area (Å²) in [5.74, 6) is 0.523. The lowest BCUT2D eigenvalue weighted by Gasteiger charge is -2.20. The number of aromatic amines is 1. The molecular weight excluding hydrogens is 164 g/mol. The maximum Gasteiger partial charge on any atom is 0.0921 e. The SMILES string of the molecule is OCC1=CCCC(c2cnc[nH]2)C1. The Balaban J connectivity index is 2.08. The van der Waals surface area contributed by atoms with Gasteiger partial charge < -0.3 is 10.1 Å². The Kier molecular flexibility index (Phi) is 2.45. The Morgan fingerprint density at radius 1 is 1.62 bits per heavy atom. The summed E-state index contributed by atoms with van der Waals surface area (Å²) in [6.07, 6.45) is 8.94. The van der Waals surface area contributed by atoms with Crippen molar-refractivity contribution in [3.05, 3.63) is 29.9 Å². The zero-order valence-electron chi connectivity index (χ0n) is 7.53. The molecule has 0 saturated heterocycles. The fourth-order valence-corrected chi connectivity index (χ4v) is 1.87. The Bertz CT molecular complexity index is 290. The zero-order valence-corrected chi connectivity index (χ0v) is 7.53. The third kappa shape index (κ3) is 1.80. The van der Waals surface area contributed by atoms with Gasteiger partial charge >= 0.3 is 0 Å². The van der Waals surface area contributed by atoms with E-state index in [1.807, 2.05) is 6.20 Å². The predicted molar refractivity (Wildman–Crippen MR) is 50.3 cm³/mol. The molecule has 1 aliphatic carbocycles. The molecule has 0 bridgehead atoms. The summed E-state index contributed by atoms with van der Waals surface area (Å²) in [4.78, 5) is 7.14. The number of aromatic nitrogens is 2. The predicted octanol–water partition coefficient (Wildman–Crippen LogP) is 1.60. The average Bonchev–Trinajstić information content (AvgIpc) is 2.71. The minimum absolute atomic E-state index is 0.199. The molecule has 0 radical (unpaired) electrons. The van der Waals surface area contributed by atoms with Crippen molar-refractivity contribution in [3.8, 4) is 0 Å². The number of aliphatic hydroxyl groups excluding tert-OH is 1. The van der Waals surface area contributed by atoms with Crippen LogP contribution in [0.2, 0.25) is 0 Å². The maximum absolute atomic E-state index is 9.01. The highest BCUT2D eigenvalue weighted by atomic mass is 16.3. The fourth-order valence-electron chi connectivity index (χ4n) is 1.87. The molecule has 0 aliphatic heterocycles. The molecule has 1 aliphatic rings. The van der Waals surface area contributed by atoms with Gasteiger partial charge in [-0.1, -0.05) is 6.08 Å². The van der Waals surface area contributed by atoms with Crippen LogP contribution in [0.15, 0.2) is 24.2 Å². The highest BCUT2D eigenvalue weighted by Gasteiger charge is 2.17. The summed E-state index contributed by atoms with van der Waals surface area (Å²) < 4.78 is 0. The van der Waals surface area contributed by atoms with Crippen LogP contribution in [0.25, 0.3) is 0 Å². The number of rotatable bonds is 2. The minimum atomic E-state index is 0.199. The number of nitrogens with one attached hydrogen (secondary N) is 1. The van der Waals surface area contributed by atoms with Gasteiger partial charge in [-0.05, 0) is 24.8 Å². The molecule has 0 aromatic carbocycles. The number of aliphatic hydroxyl groups is 1. The van der Waals surface area contributed by atoms with Crippen LogP contribution < -0.4 is 0 Å². The lowest BCUT2D eigenvalue weighted by atomic mass is 9.87. The molecule has 3 heteroatoms. The standard InChI is InChI=1S/C10H14N2O/c13-6-8-2-1-3-9(4-8)10-5-11-7-12-10/h2,5,7,9,13H,1,3-4,6H2,(H,11,12). The first-order chi connectivity index (χ1) is 6.40. The van der Waals surface area contributed by atoms with Gasteiger partial charge in [0.25, 0.3) is 0 Å². The van der Waals surface area contributed by atoms with Crippen molar-refractivity contribution in [3.63, 3.8) is 0 Å². The molecular formula is C10H14N2O. The smallest absolute Gasteiger partial charge is 0.0921 e. The van der Waals surface area contributed by atoms with Gasteiger partial charge in [-0.15, -0.1) is 0 Å². The monoisotopic (exact) mass is 178 g/mol. The summed E-state index contributed by atoms with van der Waals surface area (Å²) in [6.45, 7) is 0.199. The first kappa shape index (κ1) is 8.51. The number of allylic oxidation sites excluding steroid dienone is 1. The van der Waals surface area contributed by atoms with Crippen molar-refractivity contribution in [2.75, 3.05) is 6.61 Å². The van der Waals surface area contributed by atoms with Crippen molar-refractivity contribution in [1.29, 1.82) is 0 Å². The highest BCUT2D eigenvalue weighted by molar-refractivity contribution is 5.15. The Morgan fingerprint density at radius 3 is 3.23 bits per heavy atom. The quantitative estimate of drug-likeness (QED) is 0.676. The molecule has 2 N–H and O–H groups in total. The van der Waals surface area contributed by atoms with Crippen molar-refractivity contribution in [2.45, 2.75) is 25.2 Å². The van der Waals surface area contributed by atoms with Crippen LogP contribution in [0, 0.1) is 0 Å². The molecule has 70 valence electrons. The summed E-state index contributed by atoms with van der Waals surface area (Å²) in [6, 6.07) is 0. The molecule has 0 saturated carbocycles. The van der Waals surface area contributed by atoms with Gasteiger partial charge in [-0.2, -0.15) is 0 Å². The summed E-state index contributed by atoms with van der Waals surface area (Å²) in [5, 5.41) is 9.01. The zero-order chi connectivity index (χ0) is 9.10. The van der Waals surface area contributed by atoms with E-state index in [-0.39, 0.29) is 6.61 Å². The average molecular weight is 178 g/mol. The van der Waals surface area contributed by atoms with Crippen LogP contribution in [-0.2, 0) is 0 Å². The summed E-state index contributed by atoms with van der Waals surface area (Å²) in [5.41, 5.74) is 2.35. The maximum atomic E-state index is 9.01. The van der Waals surface area contributed by atoms with Crippen LogP contribution in [0.3, 0.4) is 0 Å². The molecule has 1 atom stereocenters. The van der Waals surface area contributed by atoms with Crippen molar-refractivity contribution in [2.24, 2.45) is 0 Å². The topological polar surface area (TPSA) is 48.9 Å². The number of hydrogen-bond donors (Lipinski definition) is 2. The molecule has 1 heterocycles. The number of nitrogens with zero attached hydrogens (tertiary/aromatic N) is 1. The Morgan fingerprint density at radius 2 is 2.54 bits per heavy atom. The van der Waals surface area contributed by atoms with E-state index >= 15 is 0 Å². The van der Waals surface area contributed by atoms with Gasteiger partial charge in [-0.3, -0.25) is 0 Å². The van der Waals surface area contributed by atoms with Crippen LogP contribution >= 0.6 is 0 Å². The third-order valence-corrected chi connectivity index (χ3v) is 2.62. The van der Waals surface area contributed by atoms with Crippen LogP contribution in [0.4, 0.5) is 0 Å². The second kappa shape index (κ2) is 3.75. The Hall–Kier alpha value is -1.09. The van der Waals surface area contributed by atoms with E-state index in [2.05, 4.69) is 16.0 Å². The van der Waals surface area contributed by atoms with Gasteiger partial charge in [0.2, 0.25) is 0 Å². The van der Waals surface area contributed by atoms with Gasteiger partial charge in [0.1, 0.15) is 0 Å². The lowest BCUT2D eigenvalue weighted by molar-refractivity contribution is 0.319. The van der Waals surface area contributed by atoms with E-state index in [9.17, 15) is 0 Å². The molecule has 0 spiro atoms. The Labute approximate surface area is 77.5 Å². The molecule has 1 aromatic heterocycles. The van der Waals surface area contributed by atoms with Crippen LogP contribution in [-0.4, -0.2) is 21.7 Å². The third-order valence-electron chi connectivity index (χ3n) is 2.62. The van der Waals surface area contributed by atoms with E-state index in [1.54, 1.807) is 6.33 Å². The van der Waals surface area contributed by atoms with Gasteiger partial charge in [0, 0.05) is 17.8 Å². The van der Waals surface area contributed by atoms with E-state index in [0.717, 1.165) is 24.8 Å². The molecule has 0 amide bonds. The van der Waals surface area contributed by atoms with E-state index in [1.165, 1.54) is 5.69 Å². The number of H-pyrrole nitrogens is 1. The molecule has 13 heavy (non-hydrogen) atoms. The molecule has 1 unspecified atom stereocenters. The summed E-state index contributed by atoms with van der Waals surface area (Å²) in [7, 11) is 0. The lowest BCUT2D eigenvalue weighted by Crippen LogP contribution is -2.07. The molecule has 2 rings (SSSR count). The van der Waals surface area contributed by atoms with Crippen molar-refractivity contribution >= 4 is 0 Å². The van der Waals surface area contributed by atoms with Crippen molar-refractivity contribution in [1.82, 2.24) is 9.97 Å². The normalized spacial score (nSPS) is 22.8.